The van der Waals surface area contributed by atoms with Crippen LogP contribution in [0.4, 0.5) is 0 Å². The second kappa shape index (κ2) is 7.58. The molecule has 0 fully saturated rings. The van der Waals surface area contributed by atoms with E-state index in [1.807, 2.05) is 0 Å². The Morgan fingerprint density at radius 1 is 1.40 bits per heavy atom. The molecule has 1 aromatic heterocycles. The maximum atomic E-state index is 11.8. The summed E-state index contributed by atoms with van der Waals surface area (Å²) in [6, 6.07) is 2.81. The van der Waals surface area contributed by atoms with E-state index in [1.54, 1.807) is 0 Å². The van der Waals surface area contributed by atoms with Gasteiger partial charge in [-0.1, -0.05) is 11.6 Å². The average Bonchev–Trinajstić information content (AvgIpc) is 2.84. The van der Waals surface area contributed by atoms with E-state index in [2.05, 4.69) is 14.8 Å². The van der Waals surface area contributed by atoms with Gasteiger partial charge in [0.2, 0.25) is 5.91 Å². The van der Waals surface area contributed by atoms with Gasteiger partial charge in [-0.3, -0.25) is 9.59 Å². The molecule has 0 unspecified atom stereocenters. The van der Waals surface area contributed by atoms with Crippen molar-refractivity contribution in [2.24, 2.45) is 0 Å². The van der Waals surface area contributed by atoms with Crippen molar-refractivity contribution in [2.45, 2.75) is 10.6 Å². The molecule has 1 rings (SSSR count). The molecule has 7 nitrogen and oxygen atoms in total. The first kappa shape index (κ1) is 16.9. The average molecular weight is 341 g/mol. The number of thiophene rings is 1. The molecule has 0 spiro atoms. The second-order valence-electron chi connectivity index (χ2n) is 3.56. The van der Waals surface area contributed by atoms with Crippen molar-refractivity contribution in [1.82, 2.24) is 10.0 Å². The van der Waals surface area contributed by atoms with Gasteiger partial charge in [-0.05, 0) is 12.1 Å². The fraction of sp³-hybridized carbons (Fsp3) is 0.400. The van der Waals surface area contributed by atoms with E-state index < -0.39 is 28.4 Å². The van der Waals surface area contributed by atoms with Crippen LogP contribution in [0.3, 0.4) is 0 Å². The zero-order chi connectivity index (χ0) is 15.2. The van der Waals surface area contributed by atoms with Crippen LogP contribution in [0.2, 0.25) is 4.34 Å². The van der Waals surface area contributed by atoms with Gasteiger partial charge in [-0.2, -0.15) is 0 Å². The summed E-state index contributed by atoms with van der Waals surface area (Å²) in [5.74, 6) is -1.00. The number of nitrogens with one attached hydrogen (secondary N) is 2. The number of hydrogen-bond acceptors (Lipinski definition) is 6. The number of ether oxygens (including phenoxy) is 1. The van der Waals surface area contributed by atoms with Crippen LogP contribution >= 0.6 is 22.9 Å². The van der Waals surface area contributed by atoms with E-state index >= 15 is 0 Å². The number of carbonyl (C=O) groups excluding carboxylic acids is 2. The van der Waals surface area contributed by atoms with Crippen LogP contribution in [0.1, 0.15) is 6.42 Å². The normalized spacial score (nSPS) is 11.1. The lowest BCUT2D eigenvalue weighted by Gasteiger charge is -2.06. The van der Waals surface area contributed by atoms with Crippen molar-refractivity contribution in [3.05, 3.63) is 16.5 Å². The third-order valence-corrected chi connectivity index (χ3v) is 5.24. The van der Waals surface area contributed by atoms with Crippen LogP contribution < -0.4 is 10.0 Å². The van der Waals surface area contributed by atoms with Gasteiger partial charge in [-0.15, -0.1) is 11.3 Å². The first-order chi connectivity index (χ1) is 9.35. The van der Waals surface area contributed by atoms with Crippen molar-refractivity contribution >= 4 is 44.8 Å². The Bertz CT molecular complexity index is 584. The summed E-state index contributed by atoms with van der Waals surface area (Å²) in [4.78, 5) is 22.2. The monoisotopic (exact) mass is 340 g/mol. The van der Waals surface area contributed by atoms with Gasteiger partial charge < -0.3 is 10.1 Å². The standard InChI is InChI=1S/C10H13ClN2O5S2/c1-18-9(15)4-5-12-8(14)6-13-20(16,17)10-3-2-7(11)19-10/h2-3,13H,4-6H2,1H3,(H,12,14). The van der Waals surface area contributed by atoms with Gasteiger partial charge in [0.05, 0.1) is 24.4 Å². The smallest absolute Gasteiger partial charge is 0.307 e. The number of sulfonamides is 1. The summed E-state index contributed by atoms with van der Waals surface area (Å²) in [5, 5.41) is 2.39. The third-order valence-electron chi connectivity index (χ3n) is 2.12. The topological polar surface area (TPSA) is 102 Å². The zero-order valence-electron chi connectivity index (χ0n) is 10.5. The van der Waals surface area contributed by atoms with E-state index in [0.29, 0.717) is 4.34 Å². The van der Waals surface area contributed by atoms with Crippen molar-refractivity contribution in [2.75, 3.05) is 20.2 Å². The van der Waals surface area contributed by atoms with Gasteiger partial charge in [0, 0.05) is 6.54 Å². The lowest BCUT2D eigenvalue weighted by atomic mass is 10.4. The number of esters is 1. The highest BCUT2D eigenvalue weighted by molar-refractivity contribution is 7.91. The van der Waals surface area contributed by atoms with E-state index in [4.69, 9.17) is 11.6 Å². The van der Waals surface area contributed by atoms with Gasteiger partial charge in [0.1, 0.15) is 4.21 Å². The van der Waals surface area contributed by atoms with Gasteiger partial charge >= 0.3 is 5.97 Å². The summed E-state index contributed by atoms with van der Waals surface area (Å²) in [6.07, 6.45) is 0.0233. The molecule has 0 aliphatic carbocycles. The Hall–Kier alpha value is -1.16. The number of methoxy groups -OCH3 is 1. The molecule has 0 aliphatic rings. The molecule has 0 saturated carbocycles. The SMILES string of the molecule is COC(=O)CCNC(=O)CNS(=O)(=O)c1ccc(Cl)s1. The molecule has 10 heteroatoms. The van der Waals surface area contributed by atoms with Gasteiger partial charge in [0.25, 0.3) is 10.0 Å². The maximum absolute atomic E-state index is 11.8. The summed E-state index contributed by atoms with van der Waals surface area (Å²) < 4.78 is 30.4. The number of halogens is 1. The Labute approximate surface area is 125 Å². The zero-order valence-corrected chi connectivity index (χ0v) is 12.9. The molecule has 0 atom stereocenters. The summed E-state index contributed by atoms with van der Waals surface area (Å²) >= 11 is 6.54. The van der Waals surface area contributed by atoms with Crippen molar-refractivity contribution in [3.8, 4) is 0 Å². The van der Waals surface area contributed by atoms with Crippen LogP contribution in [-0.4, -0.2) is 40.5 Å². The molecule has 1 heterocycles. The summed E-state index contributed by atoms with van der Waals surface area (Å²) in [7, 11) is -2.51. The minimum atomic E-state index is -3.75. The molecule has 0 radical (unpaired) electrons. The Balaban J connectivity index is 2.39. The second-order valence-corrected chi connectivity index (χ2v) is 7.27. The first-order valence-electron chi connectivity index (χ1n) is 5.43. The van der Waals surface area contributed by atoms with Crippen LogP contribution in [-0.2, 0) is 24.3 Å². The van der Waals surface area contributed by atoms with Crippen LogP contribution in [0.5, 0.6) is 0 Å². The van der Waals surface area contributed by atoms with Crippen molar-refractivity contribution in [3.63, 3.8) is 0 Å². The lowest BCUT2D eigenvalue weighted by molar-refractivity contribution is -0.140. The molecule has 0 bridgehead atoms. The maximum Gasteiger partial charge on any atom is 0.307 e. The van der Waals surface area contributed by atoms with Crippen LogP contribution in [0.25, 0.3) is 0 Å². The van der Waals surface area contributed by atoms with Crippen LogP contribution in [0, 0.1) is 0 Å². The van der Waals surface area contributed by atoms with Crippen molar-refractivity contribution < 1.29 is 22.7 Å². The van der Waals surface area contributed by atoms with E-state index in [-0.39, 0.29) is 17.2 Å². The molecule has 0 aromatic carbocycles. The Kier molecular flexibility index (Phi) is 6.40. The quantitative estimate of drug-likeness (QED) is 0.698. The summed E-state index contributed by atoms with van der Waals surface area (Å²) in [6.45, 7) is -0.336. The van der Waals surface area contributed by atoms with Gasteiger partial charge in [0.15, 0.2) is 0 Å². The number of rotatable bonds is 7. The van der Waals surface area contributed by atoms with E-state index in [9.17, 15) is 18.0 Å². The highest BCUT2D eigenvalue weighted by Gasteiger charge is 2.17. The molecule has 20 heavy (non-hydrogen) atoms. The minimum absolute atomic E-state index is 0.0233. The van der Waals surface area contributed by atoms with E-state index in [0.717, 1.165) is 11.3 Å². The third kappa shape index (κ3) is 5.45. The molecule has 1 amide bonds. The minimum Gasteiger partial charge on any atom is -0.469 e. The highest BCUT2D eigenvalue weighted by Crippen LogP contribution is 2.25. The Morgan fingerprint density at radius 2 is 2.10 bits per heavy atom. The highest BCUT2D eigenvalue weighted by atomic mass is 35.5. The predicted octanol–water partition coefficient (Wildman–Crippen LogP) is 0.359. The number of amides is 1. The molecular weight excluding hydrogens is 328 g/mol. The lowest BCUT2D eigenvalue weighted by Crippen LogP contribution is -2.37. The Morgan fingerprint density at radius 3 is 2.65 bits per heavy atom. The fourth-order valence-corrected chi connectivity index (χ4v) is 3.65. The fourth-order valence-electron chi connectivity index (χ4n) is 1.14. The first-order valence-corrected chi connectivity index (χ1v) is 8.11. The molecule has 112 valence electrons. The van der Waals surface area contributed by atoms with Gasteiger partial charge in [-0.25, -0.2) is 13.1 Å². The summed E-state index contributed by atoms with van der Waals surface area (Å²) in [5.41, 5.74) is 0. The molecule has 0 saturated heterocycles. The molecule has 1 aromatic rings. The molecule has 2 N–H and O–H groups in total. The largest absolute Gasteiger partial charge is 0.469 e. The predicted molar refractivity (Wildman–Crippen MR) is 74.2 cm³/mol. The number of carbonyl (C=O) groups is 2. The van der Waals surface area contributed by atoms with Crippen molar-refractivity contribution in [1.29, 1.82) is 0 Å². The van der Waals surface area contributed by atoms with E-state index in [1.165, 1.54) is 19.2 Å². The molecule has 0 aliphatic heterocycles. The van der Waals surface area contributed by atoms with Crippen LogP contribution in [0.15, 0.2) is 16.3 Å². The number of hydrogen-bond donors (Lipinski definition) is 2. The molecular formula is C10H13ClN2O5S2.